The molecule has 0 heterocycles. The van der Waals surface area contributed by atoms with E-state index in [1.54, 1.807) is 12.2 Å². The van der Waals surface area contributed by atoms with E-state index in [-0.39, 0.29) is 0 Å². The number of rotatable bonds is 2. The Morgan fingerprint density at radius 2 is 2.50 bits per heavy atom. The molecule has 0 rings (SSSR count). The minimum absolute atomic E-state index is 0.518. The molecule has 1 heteroatoms. The third-order valence-electron chi connectivity index (χ3n) is 0.525. The Morgan fingerprint density at radius 1 is 1.88 bits per heavy atom. The fourth-order valence-corrected chi connectivity index (χ4v) is 0.335. The van der Waals surface area contributed by atoms with Crippen LogP contribution in [0.15, 0.2) is 30.0 Å². The van der Waals surface area contributed by atoms with Crippen molar-refractivity contribution < 1.29 is 0 Å². The lowest BCUT2D eigenvalue weighted by Crippen LogP contribution is -1.56. The van der Waals surface area contributed by atoms with Crippen molar-refractivity contribution in [1.29, 1.82) is 0 Å². The molecule has 0 aromatic rings. The number of halogens is 1. The van der Waals surface area contributed by atoms with E-state index < -0.39 is 0 Å². The Labute approximate surface area is 55.2 Å². The first-order chi connectivity index (χ1) is 3.77. The van der Waals surface area contributed by atoms with E-state index in [4.69, 9.17) is 11.6 Å². The molecule has 8 heavy (non-hydrogen) atoms. The summed E-state index contributed by atoms with van der Waals surface area (Å²) in [5, 5.41) is 0. The fourth-order valence-electron chi connectivity index (χ4n) is 0.246. The van der Waals surface area contributed by atoms with Crippen LogP contribution in [0.4, 0.5) is 0 Å². The molecule has 0 radical (unpaired) electrons. The summed E-state index contributed by atoms with van der Waals surface area (Å²) < 4.78 is 0. The van der Waals surface area contributed by atoms with Gasteiger partial charge in [0.15, 0.2) is 0 Å². The fraction of sp³-hybridized carbons (Fsp3) is 0.286. The van der Waals surface area contributed by atoms with Crippen molar-refractivity contribution in [2.24, 2.45) is 0 Å². The van der Waals surface area contributed by atoms with Gasteiger partial charge in [0, 0.05) is 5.88 Å². The lowest BCUT2D eigenvalue weighted by atomic mass is 10.3. The zero-order chi connectivity index (χ0) is 6.41. The molecule has 0 atom stereocenters. The second-order valence-electron chi connectivity index (χ2n) is 1.52. The van der Waals surface area contributed by atoms with Crippen molar-refractivity contribution in [3.05, 3.63) is 30.0 Å². The molecule has 44 valence electrons. The van der Waals surface area contributed by atoms with Crippen LogP contribution in [-0.2, 0) is 0 Å². The molecule has 0 unspecified atom stereocenters. The van der Waals surface area contributed by atoms with Gasteiger partial charge in [0.2, 0.25) is 0 Å². The van der Waals surface area contributed by atoms with Gasteiger partial charge in [0.25, 0.3) is 0 Å². The second kappa shape index (κ2) is 4.70. The quantitative estimate of drug-likeness (QED) is 0.305. The maximum absolute atomic E-state index is 5.32. The van der Waals surface area contributed by atoms with Gasteiger partial charge in [0.1, 0.15) is 0 Å². The Bertz CT molecular complexity index is 127. The predicted octanol–water partition coefficient (Wildman–Crippen LogP) is 2.51. The zero-order valence-electron chi connectivity index (χ0n) is 4.95. The van der Waals surface area contributed by atoms with Crippen LogP contribution >= 0.6 is 11.6 Å². The van der Waals surface area contributed by atoms with Crippen molar-refractivity contribution in [1.82, 2.24) is 0 Å². The molecule has 0 N–H and O–H groups in total. The van der Waals surface area contributed by atoms with Crippen molar-refractivity contribution in [3.8, 4) is 0 Å². The molecule has 0 saturated heterocycles. The highest BCUT2D eigenvalue weighted by Gasteiger charge is 1.66. The van der Waals surface area contributed by atoms with Crippen molar-refractivity contribution in [2.45, 2.75) is 6.92 Å². The molecule has 0 aliphatic heterocycles. The van der Waals surface area contributed by atoms with E-state index in [9.17, 15) is 0 Å². The Kier molecular flexibility index (Phi) is 4.44. The van der Waals surface area contributed by atoms with E-state index >= 15 is 0 Å². The highest BCUT2D eigenvalue weighted by molar-refractivity contribution is 6.18. The number of alkyl halides is 1. The molecule has 0 aromatic carbocycles. The smallest absolute Gasteiger partial charge is 0.0478 e. The number of hydrogen-bond acceptors (Lipinski definition) is 0. The minimum atomic E-state index is 0.518. The van der Waals surface area contributed by atoms with Gasteiger partial charge in [-0.15, -0.1) is 17.3 Å². The Morgan fingerprint density at radius 3 is 2.88 bits per heavy atom. The summed E-state index contributed by atoms with van der Waals surface area (Å²) in [4.78, 5) is 0. The lowest BCUT2D eigenvalue weighted by Gasteiger charge is -1.74. The van der Waals surface area contributed by atoms with Crippen LogP contribution in [0, 0.1) is 0 Å². The predicted molar refractivity (Wildman–Crippen MR) is 38.2 cm³/mol. The van der Waals surface area contributed by atoms with E-state index in [0.29, 0.717) is 5.88 Å². The highest BCUT2D eigenvalue weighted by Crippen LogP contribution is 1.85. The number of allylic oxidation sites excluding steroid dienone is 2. The van der Waals surface area contributed by atoms with Gasteiger partial charge in [-0.2, -0.15) is 0 Å². The second-order valence-corrected chi connectivity index (χ2v) is 1.82. The third-order valence-corrected chi connectivity index (χ3v) is 0.679. The molecule has 0 aliphatic rings. The largest absolute Gasteiger partial charge is 0.124 e. The van der Waals surface area contributed by atoms with Gasteiger partial charge in [-0.25, -0.2) is 0 Å². The number of hydrogen-bond donors (Lipinski definition) is 0. The van der Waals surface area contributed by atoms with Crippen molar-refractivity contribution in [3.63, 3.8) is 0 Å². The standard InChI is InChI=1S/C7H9Cl/c1-7(2)5-3-4-6-8/h4-5H,1,6H2,2H3. The lowest BCUT2D eigenvalue weighted by molar-refractivity contribution is 1.56. The van der Waals surface area contributed by atoms with E-state index in [2.05, 4.69) is 12.3 Å². The zero-order valence-corrected chi connectivity index (χ0v) is 5.70. The summed E-state index contributed by atoms with van der Waals surface area (Å²) in [5.41, 5.74) is 3.85. The topological polar surface area (TPSA) is 0 Å². The van der Waals surface area contributed by atoms with Crippen LogP contribution in [0.2, 0.25) is 0 Å². The van der Waals surface area contributed by atoms with Gasteiger partial charge >= 0.3 is 0 Å². The Hall–Kier alpha value is -0.450. The Balaban J connectivity index is 3.64. The molecule has 0 amide bonds. The van der Waals surface area contributed by atoms with Crippen molar-refractivity contribution >= 4 is 11.6 Å². The summed E-state index contributed by atoms with van der Waals surface area (Å²) in [7, 11) is 0. The van der Waals surface area contributed by atoms with Gasteiger partial charge in [-0.1, -0.05) is 12.2 Å². The molecule has 0 spiro atoms. The molecule has 0 aliphatic carbocycles. The van der Waals surface area contributed by atoms with E-state index in [1.807, 2.05) is 6.92 Å². The third kappa shape index (κ3) is 5.55. The summed E-state index contributed by atoms with van der Waals surface area (Å²) in [6.07, 6.45) is 3.54. The van der Waals surface area contributed by atoms with Crippen LogP contribution < -0.4 is 0 Å². The molecular formula is C7H9Cl. The maximum atomic E-state index is 5.32. The van der Waals surface area contributed by atoms with Gasteiger partial charge in [0.05, 0.1) is 0 Å². The molecule has 0 fully saturated rings. The molecule has 0 saturated carbocycles. The van der Waals surface area contributed by atoms with E-state index in [0.717, 1.165) is 5.57 Å². The van der Waals surface area contributed by atoms with Gasteiger partial charge in [-0.3, -0.25) is 0 Å². The first-order valence-electron chi connectivity index (χ1n) is 2.40. The monoisotopic (exact) mass is 128 g/mol. The van der Waals surface area contributed by atoms with E-state index in [1.165, 1.54) is 0 Å². The first-order valence-corrected chi connectivity index (χ1v) is 2.93. The molecule has 0 aromatic heterocycles. The van der Waals surface area contributed by atoms with Gasteiger partial charge < -0.3 is 0 Å². The summed E-state index contributed by atoms with van der Waals surface area (Å²) >= 11 is 5.32. The van der Waals surface area contributed by atoms with Crippen LogP contribution in [-0.4, -0.2) is 5.88 Å². The first kappa shape index (κ1) is 7.55. The van der Waals surface area contributed by atoms with Crippen LogP contribution in [0.3, 0.4) is 0 Å². The SMILES string of the molecule is C=C(C)C=C=CCCl. The molecule has 0 nitrogen and oxygen atoms in total. The summed E-state index contributed by atoms with van der Waals surface area (Å²) in [6.45, 7) is 5.56. The maximum Gasteiger partial charge on any atom is 0.0478 e. The normalized spacial score (nSPS) is 7.25. The van der Waals surface area contributed by atoms with Crippen LogP contribution in [0.25, 0.3) is 0 Å². The average Bonchev–Trinajstić information content (AvgIpc) is 1.66. The van der Waals surface area contributed by atoms with Crippen LogP contribution in [0.1, 0.15) is 6.92 Å². The van der Waals surface area contributed by atoms with Gasteiger partial charge in [-0.05, 0) is 19.1 Å². The van der Waals surface area contributed by atoms with Crippen LogP contribution in [0.5, 0.6) is 0 Å². The van der Waals surface area contributed by atoms with Crippen molar-refractivity contribution in [2.75, 3.05) is 5.88 Å². The molecular weight excluding hydrogens is 120 g/mol. The summed E-state index contributed by atoms with van der Waals surface area (Å²) in [6, 6.07) is 0. The minimum Gasteiger partial charge on any atom is -0.124 e. The molecule has 0 bridgehead atoms. The summed E-state index contributed by atoms with van der Waals surface area (Å²) in [5.74, 6) is 0.518. The average molecular weight is 129 g/mol. The highest BCUT2D eigenvalue weighted by atomic mass is 35.5.